The maximum absolute atomic E-state index is 12.2. The van der Waals surface area contributed by atoms with Crippen molar-refractivity contribution in [2.45, 2.75) is 0 Å². The van der Waals surface area contributed by atoms with Gasteiger partial charge in [-0.1, -0.05) is 0 Å². The van der Waals surface area contributed by atoms with Gasteiger partial charge in [0.25, 0.3) is 0 Å². The molecule has 3 N–H and O–H groups in total. The summed E-state index contributed by atoms with van der Waals surface area (Å²) in [5, 5.41) is 5.07. The zero-order valence-electron chi connectivity index (χ0n) is 13.6. The zero-order chi connectivity index (χ0) is 16.8. The van der Waals surface area contributed by atoms with Gasteiger partial charge < -0.3 is 15.3 Å². The van der Waals surface area contributed by atoms with Crippen molar-refractivity contribution in [3.8, 4) is 0 Å². The van der Waals surface area contributed by atoms with Gasteiger partial charge in [0.1, 0.15) is 0 Å². The number of H-pyrrole nitrogens is 2. The maximum atomic E-state index is 12.2. The molecule has 26 heavy (non-hydrogen) atoms. The first-order chi connectivity index (χ1) is 12.2. The molecule has 128 valence electrons. The molecule has 5 rings (SSSR count). The van der Waals surface area contributed by atoms with E-state index in [1.165, 1.54) is 0 Å². The monoisotopic (exact) mass is 382 g/mol. The molecule has 5 nitrogen and oxygen atoms in total. The number of carbonyl (C=O) groups is 1. The molecule has 0 spiro atoms. The molecule has 0 saturated heterocycles. The number of aromatic nitrogens is 2. The number of carbonyl (C=O) groups excluding carboxylic acids is 1. The third kappa shape index (κ3) is 3.08. The minimum atomic E-state index is -0.0453. The summed E-state index contributed by atoms with van der Waals surface area (Å²) < 4.78 is 0. The van der Waals surface area contributed by atoms with Crippen molar-refractivity contribution in [2.75, 3.05) is 0 Å². The van der Waals surface area contributed by atoms with Crippen LogP contribution >= 0.6 is 0 Å². The smallest absolute Gasteiger partial charge is 0.204 e. The fraction of sp³-hybridized carbons (Fsp3) is 0. The molecule has 0 amide bonds. The molecular weight excluding hydrogens is 368 g/mol. The van der Waals surface area contributed by atoms with Crippen molar-refractivity contribution in [2.24, 2.45) is 4.99 Å². The van der Waals surface area contributed by atoms with Gasteiger partial charge in [-0.3, -0.25) is 4.79 Å². The fourth-order valence-corrected chi connectivity index (χ4v) is 3.05. The van der Waals surface area contributed by atoms with E-state index in [1.54, 1.807) is 12.2 Å². The fourth-order valence-electron chi connectivity index (χ4n) is 3.05. The van der Waals surface area contributed by atoms with E-state index in [0.717, 1.165) is 39.2 Å². The summed E-state index contributed by atoms with van der Waals surface area (Å²) in [6.07, 6.45) is 13.1. The minimum Gasteiger partial charge on any atom is -0.355 e. The molecule has 0 fully saturated rings. The van der Waals surface area contributed by atoms with E-state index in [-0.39, 0.29) is 22.9 Å². The van der Waals surface area contributed by atoms with Gasteiger partial charge in [0, 0.05) is 50.9 Å². The molecular formula is C20H14FeN4O. The molecule has 0 aliphatic carbocycles. The Morgan fingerprint density at radius 1 is 0.769 bits per heavy atom. The van der Waals surface area contributed by atoms with Crippen LogP contribution in [0.5, 0.6) is 0 Å². The van der Waals surface area contributed by atoms with Gasteiger partial charge in [-0.25, -0.2) is 4.99 Å². The first-order valence-corrected chi connectivity index (χ1v) is 8.02. The standard InChI is InChI=1S/C20H14N4O.Fe/c25-20-11-18-9-16-4-3-14(22-16)7-12-1-2-13(21-12)8-15-5-6-17(23-15)10-19(20)24-18;/h1-11,21-22,24H;. The average Bonchev–Trinajstić information content (AvgIpc) is 3.33. The summed E-state index contributed by atoms with van der Waals surface area (Å²) in [7, 11) is 0. The molecule has 3 aliphatic rings. The number of aliphatic imine (C=N–C) groups is 1. The summed E-state index contributed by atoms with van der Waals surface area (Å²) >= 11 is 0. The normalized spacial score (nSPS) is 17.2. The third-order valence-electron chi connectivity index (χ3n) is 4.19. The molecule has 5 heterocycles. The molecule has 0 unspecified atom stereocenters. The van der Waals surface area contributed by atoms with E-state index in [1.807, 2.05) is 54.6 Å². The number of fused-ring (bicyclic) bond motifs is 7. The molecule has 6 heteroatoms. The van der Waals surface area contributed by atoms with Gasteiger partial charge in [0.05, 0.1) is 17.1 Å². The van der Waals surface area contributed by atoms with E-state index in [2.05, 4.69) is 20.3 Å². The quantitative estimate of drug-likeness (QED) is 0.601. The van der Waals surface area contributed by atoms with E-state index < -0.39 is 0 Å². The number of rotatable bonds is 0. The van der Waals surface area contributed by atoms with Crippen LogP contribution in [0.3, 0.4) is 0 Å². The Hall–Kier alpha value is -3.08. The van der Waals surface area contributed by atoms with Crippen molar-refractivity contribution in [1.29, 1.82) is 0 Å². The van der Waals surface area contributed by atoms with Crippen molar-refractivity contribution < 1.29 is 21.9 Å². The SMILES string of the molecule is O=C1C=C2C=c3ccc([nH]3)=Cc3ccc([nH]3)C=C3C=CC(=N3)C=C1N2.[Fe]. The molecule has 0 aromatic carbocycles. The van der Waals surface area contributed by atoms with Gasteiger partial charge in [-0.15, -0.1) is 0 Å². The Labute approximate surface area is 159 Å². The molecule has 2 aromatic heterocycles. The molecule has 8 bridgehead atoms. The largest absolute Gasteiger partial charge is 0.355 e. The van der Waals surface area contributed by atoms with Crippen LogP contribution in [0.1, 0.15) is 11.4 Å². The second-order valence-corrected chi connectivity index (χ2v) is 6.11. The summed E-state index contributed by atoms with van der Waals surface area (Å²) in [5.41, 5.74) is 4.88. The van der Waals surface area contributed by atoms with Crippen LogP contribution in [-0.4, -0.2) is 21.5 Å². The number of nitrogens with one attached hydrogen (secondary N) is 3. The van der Waals surface area contributed by atoms with Crippen LogP contribution in [0.4, 0.5) is 0 Å². The van der Waals surface area contributed by atoms with Crippen LogP contribution in [0.15, 0.2) is 70.7 Å². The summed E-state index contributed by atoms with van der Waals surface area (Å²) in [4.78, 5) is 23.4. The molecule has 0 radical (unpaired) electrons. The predicted molar refractivity (Wildman–Crippen MR) is 97.7 cm³/mol. The summed E-state index contributed by atoms with van der Waals surface area (Å²) in [5.74, 6) is -0.0453. The van der Waals surface area contributed by atoms with Crippen molar-refractivity contribution in [1.82, 2.24) is 15.3 Å². The third-order valence-corrected chi connectivity index (χ3v) is 4.19. The molecule has 2 aromatic rings. The van der Waals surface area contributed by atoms with Crippen LogP contribution < -0.4 is 16.0 Å². The van der Waals surface area contributed by atoms with E-state index >= 15 is 0 Å². The van der Waals surface area contributed by atoms with E-state index in [4.69, 9.17) is 0 Å². The van der Waals surface area contributed by atoms with Crippen LogP contribution in [0.2, 0.25) is 0 Å². The number of ketones is 1. The van der Waals surface area contributed by atoms with Crippen molar-refractivity contribution in [3.63, 3.8) is 0 Å². The summed E-state index contributed by atoms with van der Waals surface area (Å²) in [6, 6.07) is 8.04. The first kappa shape index (κ1) is 16.4. The van der Waals surface area contributed by atoms with Gasteiger partial charge in [-0.05, 0) is 60.7 Å². The first-order valence-electron chi connectivity index (χ1n) is 8.02. The number of hydrogen-bond donors (Lipinski definition) is 3. The van der Waals surface area contributed by atoms with Crippen LogP contribution in [0.25, 0.3) is 18.2 Å². The Morgan fingerprint density at radius 2 is 1.54 bits per heavy atom. The number of hydrogen-bond acceptors (Lipinski definition) is 3. The Kier molecular flexibility index (Phi) is 3.99. The van der Waals surface area contributed by atoms with Crippen LogP contribution in [-0.2, 0) is 21.9 Å². The van der Waals surface area contributed by atoms with E-state index in [9.17, 15) is 4.79 Å². The van der Waals surface area contributed by atoms with E-state index in [0.29, 0.717) is 5.70 Å². The predicted octanol–water partition coefficient (Wildman–Crippen LogP) is 1.26. The number of aromatic amines is 2. The Balaban J connectivity index is 0.00000168. The summed E-state index contributed by atoms with van der Waals surface area (Å²) in [6.45, 7) is 0. The van der Waals surface area contributed by atoms with Crippen molar-refractivity contribution in [3.05, 3.63) is 87.7 Å². The topological polar surface area (TPSA) is 73.0 Å². The van der Waals surface area contributed by atoms with Gasteiger partial charge in [0.15, 0.2) is 0 Å². The molecule has 3 aliphatic heterocycles. The minimum absolute atomic E-state index is 0. The van der Waals surface area contributed by atoms with Gasteiger partial charge in [-0.2, -0.15) is 0 Å². The number of nitrogens with zero attached hydrogens (tertiary/aromatic N) is 1. The average molecular weight is 382 g/mol. The van der Waals surface area contributed by atoms with Crippen LogP contribution in [0, 0.1) is 0 Å². The zero-order valence-corrected chi connectivity index (χ0v) is 14.7. The molecule has 0 atom stereocenters. The second-order valence-electron chi connectivity index (χ2n) is 6.11. The number of allylic oxidation sites excluding steroid dienone is 5. The van der Waals surface area contributed by atoms with Gasteiger partial charge >= 0.3 is 0 Å². The molecule has 0 saturated carbocycles. The maximum Gasteiger partial charge on any atom is 0.204 e. The van der Waals surface area contributed by atoms with Gasteiger partial charge in [0.2, 0.25) is 5.78 Å². The second kappa shape index (κ2) is 6.33. The van der Waals surface area contributed by atoms with Crippen molar-refractivity contribution >= 4 is 29.7 Å². The Morgan fingerprint density at radius 3 is 2.38 bits per heavy atom. The Bertz CT molecular complexity index is 1180.